The number of nitrogens with one attached hydrogen (secondary N) is 1. The zero-order valence-corrected chi connectivity index (χ0v) is 10.4. The number of sulfone groups is 1. The summed E-state index contributed by atoms with van der Waals surface area (Å²) in [6, 6.07) is 4.03. The molecule has 0 saturated carbocycles. The highest BCUT2D eigenvalue weighted by Crippen LogP contribution is 2.22. The molecule has 0 heterocycles. The van der Waals surface area contributed by atoms with Gasteiger partial charge in [-0.15, -0.1) is 0 Å². The smallest absolute Gasteiger partial charge is 0.147 e. The molecule has 0 fully saturated rings. The fraction of sp³-hybridized carbons (Fsp3) is 0.400. The van der Waals surface area contributed by atoms with Crippen molar-refractivity contribution in [2.75, 3.05) is 23.9 Å². The van der Waals surface area contributed by atoms with Crippen molar-refractivity contribution in [3.63, 3.8) is 0 Å². The number of hydrogen-bond donors (Lipinski definition) is 1. The number of benzene rings is 1. The molecular weight excluding hydrogens is 253 g/mol. The van der Waals surface area contributed by atoms with Gasteiger partial charge in [0.1, 0.15) is 15.7 Å². The average molecular weight is 266 g/mol. The molecule has 0 saturated heterocycles. The van der Waals surface area contributed by atoms with Crippen LogP contribution in [0.4, 0.5) is 10.1 Å². The topological polar surface area (TPSA) is 46.2 Å². The predicted molar refractivity (Wildman–Crippen MR) is 64.2 cm³/mol. The van der Waals surface area contributed by atoms with Gasteiger partial charge in [-0.3, -0.25) is 0 Å². The van der Waals surface area contributed by atoms with E-state index in [0.717, 1.165) is 0 Å². The van der Waals surface area contributed by atoms with Gasteiger partial charge in [0.15, 0.2) is 0 Å². The second-order valence-corrected chi connectivity index (χ2v) is 6.20. The van der Waals surface area contributed by atoms with Crippen LogP contribution in [0.5, 0.6) is 0 Å². The molecule has 0 atom stereocenters. The van der Waals surface area contributed by atoms with Crippen molar-refractivity contribution in [2.24, 2.45) is 0 Å². The first-order chi connectivity index (χ1) is 7.38. The predicted octanol–water partition coefficient (Wildman–Crippen LogP) is 2.33. The van der Waals surface area contributed by atoms with Crippen LogP contribution in [0.25, 0.3) is 0 Å². The molecule has 0 aliphatic rings. The Bertz CT molecular complexity index is 462. The largest absolute Gasteiger partial charge is 0.384 e. The molecule has 0 amide bonds. The van der Waals surface area contributed by atoms with Crippen molar-refractivity contribution >= 4 is 27.1 Å². The molecule has 3 nitrogen and oxygen atoms in total. The third-order valence-corrected chi connectivity index (χ3v) is 3.28. The maximum absolute atomic E-state index is 12.7. The summed E-state index contributed by atoms with van der Waals surface area (Å²) in [6.45, 7) is 0.485. The van der Waals surface area contributed by atoms with E-state index >= 15 is 0 Å². The Kier molecular flexibility index (Phi) is 4.56. The van der Waals surface area contributed by atoms with E-state index in [-0.39, 0.29) is 5.75 Å². The average Bonchev–Trinajstić information content (AvgIpc) is 2.13. The molecule has 6 heteroatoms. The highest BCUT2D eigenvalue weighted by atomic mass is 35.5. The van der Waals surface area contributed by atoms with E-state index in [2.05, 4.69) is 5.32 Å². The van der Waals surface area contributed by atoms with E-state index in [1.165, 1.54) is 24.5 Å². The van der Waals surface area contributed by atoms with Crippen molar-refractivity contribution in [3.05, 3.63) is 29.0 Å². The van der Waals surface area contributed by atoms with E-state index in [0.29, 0.717) is 23.7 Å². The van der Waals surface area contributed by atoms with Crippen LogP contribution in [-0.4, -0.2) is 27.0 Å². The minimum Gasteiger partial charge on any atom is -0.384 e. The highest BCUT2D eigenvalue weighted by molar-refractivity contribution is 7.90. The normalized spacial score (nSPS) is 11.4. The second-order valence-electron chi connectivity index (χ2n) is 3.53. The van der Waals surface area contributed by atoms with Gasteiger partial charge < -0.3 is 5.32 Å². The Morgan fingerprint density at radius 2 is 2.12 bits per heavy atom. The first-order valence-corrected chi connectivity index (χ1v) is 7.19. The maximum atomic E-state index is 12.7. The minimum absolute atomic E-state index is 0.124. The summed E-state index contributed by atoms with van der Waals surface area (Å²) >= 11 is 5.78. The Hall–Kier alpha value is -0.810. The first kappa shape index (κ1) is 13.3. The van der Waals surface area contributed by atoms with Gasteiger partial charge in [-0.05, 0) is 24.6 Å². The Morgan fingerprint density at radius 1 is 1.44 bits per heavy atom. The van der Waals surface area contributed by atoms with E-state index in [1.807, 2.05) is 0 Å². The van der Waals surface area contributed by atoms with Gasteiger partial charge in [0.05, 0.1) is 16.5 Å². The van der Waals surface area contributed by atoms with Crippen molar-refractivity contribution < 1.29 is 12.8 Å². The number of hydrogen-bond acceptors (Lipinski definition) is 3. The lowest BCUT2D eigenvalue weighted by atomic mass is 10.3. The third-order valence-electron chi connectivity index (χ3n) is 1.94. The van der Waals surface area contributed by atoms with Crippen LogP contribution in [0.15, 0.2) is 18.2 Å². The summed E-state index contributed by atoms with van der Waals surface area (Å²) in [5.41, 5.74) is 0.608. The van der Waals surface area contributed by atoms with E-state index < -0.39 is 15.7 Å². The van der Waals surface area contributed by atoms with Gasteiger partial charge in [-0.2, -0.15) is 0 Å². The standard InChI is InChI=1S/C10H13ClFNO2S/c1-16(14,15)6-2-5-13-10-4-3-8(12)7-9(10)11/h3-4,7,13H,2,5-6H2,1H3. The first-order valence-electron chi connectivity index (χ1n) is 4.75. The number of rotatable bonds is 5. The van der Waals surface area contributed by atoms with E-state index in [1.54, 1.807) is 0 Å². The fourth-order valence-corrected chi connectivity index (χ4v) is 2.09. The second kappa shape index (κ2) is 5.50. The van der Waals surface area contributed by atoms with Gasteiger partial charge in [-0.1, -0.05) is 11.6 Å². The van der Waals surface area contributed by atoms with Crippen LogP contribution >= 0.6 is 11.6 Å². The zero-order chi connectivity index (χ0) is 12.2. The van der Waals surface area contributed by atoms with Gasteiger partial charge in [0.25, 0.3) is 0 Å². The summed E-state index contributed by atoms with van der Waals surface area (Å²) in [5, 5.41) is 3.24. The van der Waals surface area contributed by atoms with Crippen molar-refractivity contribution in [2.45, 2.75) is 6.42 Å². The van der Waals surface area contributed by atoms with Crippen LogP contribution < -0.4 is 5.32 Å². The molecule has 0 unspecified atom stereocenters. The molecule has 0 bridgehead atoms. The molecule has 16 heavy (non-hydrogen) atoms. The summed E-state index contributed by atoms with van der Waals surface area (Å²) in [5.74, 6) is -0.273. The molecule has 0 aromatic heterocycles. The van der Waals surface area contributed by atoms with Crippen LogP contribution in [0.2, 0.25) is 5.02 Å². The lowest BCUT2D eigenvalue weighted by Gasteiger charge is -2.07. The van der Waals surface area contributed by atoms with Crippen molar-refractivity contribution in [1.29, 1.82) is 0 Å². The van der Waals surface area contributed by atoms with E-state index in [4.69, 9.17) is 11.6 Å². The molecule has 1 N–H and O–H groups in total. The third kappa shape index (κ3) is 4.81. The SMILES string of the molecule is CS(=O)(=O)CCCNc1ccc(F)cc1Cl. The number of halogens is 2. The summed E-state index contributed by atoms with van der Waals surface area (Å²) in [4.78, 5) is 0. The van der Waals surface area contributed by atoms with Crippen LogP contribution in [-0.2, 0) is 9.84 Å². The maximum Gasteiger partial charge on any atom is 0.147 e. The number of anilines is 1. The Balaban J connectivity index is 2.43. The van der Waals surface area contributed by atoms with Gasteiger partial charge in [0, 0.05) is 12.8 Å². The summed E-state index contributed by atoms with van der Waals surface area (Å²) < 4.78 is 34.4. The zero-order valence-electron chi connectivity index (χ0n) is 8.83. The van der Waals surface area contributed by atoms with Crippen LogP contribution in [0.1, 0.15) is 6.42 Å². The molecule has 0 spiro atoms. The molecular formula is C10H13ClFNO2S. The quantitative estimate of drug-likeness (QED) is 0.831. The minimum atomic E-state index is -2.93. The van der Waals surface area contributed by atoms with Crippen molar-refractivity contribution in [1.82, 2.24) is 0 Å². The fourth-order valence-electron chi connectivity index (χ4n) is 1.19. The van der Waals surface area contributed by atoms with Gasteiger partial charge in [0.2, 0.25) is 0 Å². The lowest BCUT2D eigenvalue weighted by molar-refractivity contribution is 0.600. The molecule has 0 radical (unpaired) electrons. The molecule has 0 aliphatic heterocycles. The summed E-state index contributed by atoms with van der Waals surface area (Å²) in [7, 11) is -2.93. The molecule has 1 rings (SSSR count). The van der Waals surface area contributed by atoms with Crippen molar-refractivity contribution in [3.8, 4) is 0 Å². The molecule has 1 aromatic carbocycles. The van der Waals surface area contributed by atoms with Crippen LogP contribution in [0.3, 0.4) is 0 Å². The Labute approximate surface area is 99.5 Å². The van der Waals surface area contributed by atoms with Gasteiger partial charge in [-0.25, -0.2) is 12.8 Å². The molecule has 0 aliphatic carbocycles. The molecule has 90 valence electrons. The van der Waals surface area contributed by atoms with Crippen LogP contribution in [0, 0.1) is 5.82 Å². The van der Waals surface area contributed by atoms with Gasteiger partial charge >= 0.3 is 0 Å². The lowest BCUT2D eigenvalue weighted by Crippen LogP contribution is -2.09. The monoisotopic (exact) mass is 265 g/mol. The summed E-state index contributed by atoms with van der Waals surface area (Å²) in [6.07, 6.45) is 1.68. The molecule has 1 aromatic rings. The highest BCUT2D eigenvalue weighted by Gasteiger charge is 2.03. The van der Waals surface area contributed by atoms with E-state index in [9.17, 15) is 12.8 Å². The Morgan fingerprint density at radius 3 is 2.69 bits per heavy atom.